The number of carbonyl (C=O) groups is 1. The zero-order valence-electron chi connectivity index (χ0n) is 10.6. The Morgan fingerprint density at radius 2 is 2.44 bits per heavy atom. The van der Waals surface area contributed by atoms with Crippen molar-refractivity contribution >= 4 is 18.3 Å². The summed E-state index contributed by atoms with van der Waals surface area (Å²) in [7, 11) is 0. The summed E-state index contributed by atoms with van der Waals surface area (Å²) < 4.78 is 0. The first-order valence-corrected chi connectivity index (χ1v) is 6.18. The van der Waals surface area contributed by atoms with E-state index < -0.39 is 0 Å². The minimum absolute atomic E-state index is 0. The largest absolute Gasteiger partial charge is 0.349 e. The fraction of sp³-hybridized carbons (Fsp3) is 0.538. The molecule has 0 saturated carbocycles. The number of pyridine rings is 1. The number of hydrogen-bond acceptors (Lipinski definition) is 3. The first-order valence-electron chi connectivity index (χ1n) is 6.18. The molecule has 1 aromatic heterocycles. The third-order valence-electron chi connectivity index (χ3n) is 3.21. The number of rotatable bonds is 3. The second-order valence-corrected chi connectivity index (χ2v) is 4.56. The number of piperidine rings is 1. The van der Waals surface area contributed by atoms with Gasteiger partial charge >= 0.3 is 0 Å². The first kappa shape index (κ1) is 14.9. The van der Waals surface area contributed by atoms with Crippen LogP contribution in [0.2, 0.25) is 0 Å². The van der Waals surface area contributed by atoms with Gasteiger partial charge in [0.05, 0.1) is 12.0 Å². The summed E-state index contributed by atoms with van der Waals surface area (Å²) in [5.74, 6) is 0.261. The molecule has 18 heavy (non-hydrogen) atoms. The zero-order valence-corrected chi connectivity index (χ0v) is 11.4. The van der Waals surface area contributed by atoms with Crippen LogP contribution in [-0.2, 0) is 4.79 Å². The lowest BCUT2D eigenvalue weighted by Crippen LogP contribution is -2.41. The Balaban J connectivity index is 0.00000162. The van der Waals surface area contributed by atoms with Crippen LogP contribution in [0.1, 0.15) is 31.4 Å². The van der Waals surface area contributed by atoms with Crippen molar-refractivity contribution in [3.8, 4) is 0 Å². The van der Waals surface area contributed by atoms with Gasteiger partial charge < -0.3 is 10.6 Å². The molecule has 1 amide bonds. The molecule has 0 aromatic carbocycles. The van der Waals surface area contributed by atoms with E-state index in [0.717, 1.165) is 31.5 Å². The predicted molar refractivity (Wildman–Crippen MR) is 73.6 cm³/mol. The minimum Gasteiger partial charge on any atom is -0.349 e. The van der Waals surface area contributed by atoms with Gasteiger partial charge in [0, 0.05) is 18.9 Å². The number of halogens is 1. The van der Waals surface area contributed by atoms with Crippen molar-refractivity contribution in [1.82, 2.24) is 15.6 Å². The van der Waals surface area contributed by atoms with Crippen molar-refractivity contribution in [2.75, 3.05) is 13.1 Å². The standard InChI is InChI=1S/C13H19N3O.ClH/c1-10(11-4-2-6-14-8-11)16-13(17)12-5-3-7-15-9-12;/h2,4,6,8,10,12,15H,3,5,7,9H2,1H3,(H,16,17);1H. The highest BCUT2D eigenvalue weighted by atomic mass is 35.5. The average Bonchev–Trinajstić information content (AvgIpc) is 2.40. The molecule has 2 unspecified atom stereocenters. The Bertz CT molecular complexity index is 366. The topological polar surface area (TPSA) is 54.0 Å². The molecular weight excluding hydrogens is 250 g/mol. The summed E-state index contributed by atoms with van der Waals surface area (Å²) in [6.07, 6.45) is 5.60. The van der Waals surface area contributed by atoms with Gasteiger partial charge in [-0.05, 0) is 37.9 Å². The van der Waals surface area contributed by atoms with Crippen LogP contribution < -0.4 is 10.6 Å². The molecule has 0 aliphatic carbocycles. The highest BCUT2D eigenvalue weighted by Crippen LogP contribution is 2.14. The molecule has 5 heteroatoms. The molecular formula is C13H20ClN3O. The molecule has 1 saturated heterocycles. The Morgan fingerprint density at radius 1 is 1.61 bits per heavy atom. The molecule has 2 N–H and O–H groups in total. The van der Waals surface area contributed by atoms with Crippen LogP contribution >= 0.6 is 12.4 Å². The molecule has 1 fully saturated rings. The average molecular weight is 270 g/mol. The van der Waals surface area contributed by atoms with Crippen LogP contribution in [0.3, 0.4) is 0 Å². The quantitative estimate of drug-likeness (QED) is 0.878. The van der Waals surface area contributed by atoms with Crippen molar-refractivity contribution in [1.29, 1.82) is 0 Å². The first-order chi connectivity index (χ1) is 8.27. The molecule has 1 aliphatic heterocycles. The van der Waals surface area contributed by atoms with E-state index in [-0.39, 0.29) is 30.3 Å². The van der Waals surface area contributed by atoms with Crippen LogP contribution in [0, 0.1) is 5.92 Å². The number of carbonyl (C=O) groups excluding carboxylic acids is 1. The maximum absolute atomic E-state index is 12.0. The van der Waals surface area contributed by atoms with Gasteiger partial charge in [0.15, 0.2) is 0 Å². The predicted octanol–water partition coefficient (Wildman–Crippen LogP) is 1.68. The van der Waals surface area contributed by atoms with E-state index in [4.69, 9.17) is 0 Å². The summed E-state index contributed by atoms with van der Waals surface area (Å²) in [6.45, 7) is 3.82. The second-order valence-electron chi connectivity index (χ2n) is 4.56. The van der Waals surface area contributed by atoms with Gasteiger partial charge in [0.1, 0.15) is 0 Å². The van der Waals surface area contributed by atoms with Gasteiger partial charge in [0.25, 0.3) is 0 Å². The highest BCUT2D eigenvalue weighted by molar-refractivity contribution is 5.85. The van der Waals surface area contributed by atoms with Crippen molar-refractivity contribution in [2.24, 2.45) is 5.92 Å². The smallest absolute Gasteiger partial charge is 0.224 e. The summed E-state index contributed by atoms with van der Waals surface area (Å²) in [5, 5.41) is 6.30. The van der Waals surface area contributed by atoms with Crippen LogP contribution in [0.4, 0.5) is 0 Å². The lowest BCUT2D eigenvalue weighted by atomic mass is 9.98. The molecule has 1 aromatic rings. The maximum Gasteiger partial charge on any atom is 0.224 e. The molecule has 2 atom stereocenters. The zero-order chi connectivity index (χ0) is 12.1. The highest BCUT2D eigenvalue weighted by Gasteiger charge is 2.22. The van der Waals surface area contributed by atoms with Crippen molar-refractivity contribution in [3.63, 3.8) is 0 Å². The van der Waals surface area contributed by atoms with Crippen LogP contribution in [0.5, 0.6) is 0 Å². The molecule has 4 nitrogen and oxygen atoms in total. The summed E-state index contributed by atoms with van der Waals surface area (Å²) in [4.78, 5) is 16.1. The van der Waals surface area contributed by atoms with Crippen LogP contribution in [0.25, 0.3) is 0 Å². The van der Waals surface area contributed by atoms with E-state index in [1.807, 2.05) is 19.1 Å². The minimum atomic E-state index is 0. The second kappa shape index (κ2) is 7.34. The summed E-state index contributed by atoms with van der Waals surface area (Å²) in [5.41, 5.74) is 1.05. The van der Waals surface area contributed by atoms with E-state index in [1.54, 1.807) is 12.4 Å². The Labute approximate surface area is 114 Å². The van der Waals surface area contributed by atoms with Gasteiger partial charge in [-0.15, -0.1) is 12.4 Å². The number of aromatic nitrogens is 1. The molecule has 100 valence electrons. The third-order valence-corrected chi connectivity index (χ3v) is 3.21. The van der Waals surface area contributed by atoms with Gasteiger partial charge in [0.2, 0.25) is 5.91 Å². The monoisotopic (exact) mass is 269 g/mol. The number of nitrogens with one attached hydrogen (secondary N) is 2. The Kier molecular flexibility index (Phi) is 6.09. The van der Waals surface area contributed by atoms with Gasteiger partial charge in [-0.3, -0.25) is 9.78 Å². The summed E-state index contributed by atoms with van der Waals surface area (Å²) >= 11 is 0. The van der Waals surface area contributed by atoms with Crippen LogP contribution in [-0.4, -0.2) is 24.0 Å². The van der Waals surface area contributed by atoms with E-state index in [1.165, 1.54) is 0 Å². The Hall–Kier alpha value is -1.13. The molecule has 0 radical (unpaired) electrons. The van der Waals surface area contributed by atoms with Gasteiger partial charge in [-0.25, -0.2) is 0 Å². The SMILES string of the molecule is CC(NC(=O)C1CCCNC1)c1cccnc1.Cl. The number of hydrogen-bond donors (Lipinski definition) is 2. The molecule has 2 rings (SSSR count). The van der Waals surface area contributed by atoms with E-state index >= 15 is 0 Å². The summed E-state index contributed by atoms with van der Waals surface area (Å²) in [6, 6.07) is 3.90. The third kappa shape index (κ3) is 3.96. The molecule has 1 aliphatic rings. The van der Waals surface area contributed by atoms with E-state index in [0.29, 0.717) is 0 Å². The lowest BCUT2D eigenvalue weighted by Gasteiger charge is -2.24. The lowest BCUT2D eigenvalue weighted by molar-refractivity contribution is -0.126. The van der Waals surface area contributed by atoms with Crippen molar-refractivity contribution in [2.45, 2.75) is 25.8 Å². The molecule has 0 spiro atoms. The van der Waals surface area contributed by atoms with Crippen LogP contribution in [0.15, 0.2) is 24.5 Å². The number of amides is 1. The normalized spacial score (nSPS) is 20.6. The van der Waals surface area contributed by atoms with E-state index in [2.05, 4.69) is 15.6 Å². The Morgan fingerprint density at radius 3 is 3.06 bits per heavy atom. The maximum atomic E-state index is 12.0. The molecule has 2 heterocycles. The van der Waals surface area contributed by atoms with Crippen molar-refractivity contribution < 1.29 is 4.79 Å². The molecule has 0 bridgehead atoms. The number of nitrogens with zero attached hydrogens (tertiary/aromatic N) is 1. The van der Waals surface area contributed by atoms with Gasteiger partial charge in [-0.2, -0.15) is 0 Å². The fourth-order valence-corrected chi connectivity index (χ4v) is 2.12. The fourth-order valence-electron chi connectivity index (χ4n) is 2.12. The van der Waals surface area contributed by atoms with Crippen molar-refractivity contribution in [3.05, 3.63) is 30.1 Å². The van der Waals surface area contributed by atoms with Gasteiger partial charge in [-0.1, -0.05) is 6.07 Å². The van der Waals surface area contributed by atoms with E-state index in [9.17, 15) is 4.79 Å².